The molecule has 0 fully saturated rings. The number of ether oxygens (including phenoxy) is 3. The van der Waals surface area contributed by atoms with Crippen LogP contribution >= 0.6 is 0 Å². The van der Waals surface area contributed by atoms with Crippen molar-refractivity contribution in [3.8, 4) is 17.6 Å². The first-order valence-electron chi connectivity index (χ1n) is 15.0. The van der Waals surface area contributed by atoms with E-state index in [1.54, 1.807) is 0 Å². The molecule has 0 radical (unpaired) electrons. The molecule has 1 heterocycles. The SMILES string of the molecule is CC1(C)OCc2cc([C@@H](O)CNCCCCCCOCCC#Cc3ccccc3NC(=O)Nc3ccccc3)ccc2O1. The highest BCUT2D eigenvalue weighted by molar-refractivity contribution is 6.00. The van der Waals surface area contributed by atoms with Gasteiger partial charge in [-0.15, -0.1) is 0 Å². The fourth-order valence-corrected chi connectivity index (χ4v) is 4.62. The van der Waals surface area contributed by atoms with Gasteiger partial charge in [0.15, 0.2) is 0 Å². The fraction of sp³-hybridized carbons (Fsp3) is 0.400. The summed E-state index contributed by atoms with van der Waals surface area (Å²) in [7, 11) is 0. The number of hydrogen-bond acceptors (Lipinski definition) is 6. The van der Waals surface area contributed by atoms with Crippen LogP contribution in [0, 0.1) is 11.8 Å². The molecule has 4 rings (SSSR count). The van der Waals surface area contributed by atoms with Crippen molar-refractivity contribution in [3.63, 3.8) is 0 Å². The molecular weight excluding hydrogens is 542 g/mol. The van der Waals surface area contributed by atoms with Crippen molar-refractivity contribution in [2.75, 3.05) is 36.9 Å². The first-order valence-corrected chi connectivity index (χ1v) is 15.0. The highest BCUT2D eigenvalue weighted by Gasteiger charge is 2.27. The summed E-state index contributed by atoms with van der Waals surface area (Å²) in [6.45, 7) is 6.94. The van der Waals surface area contributed by atoms with Crippen LogP contribution in [0.25, 0.3) is 0 Å². The number of aliphatic hydroxyl groups excluding tert-OH is 1. The lowest BCUT2D eigenvalue weighted by atomic mass is 10.0. The molecule has 2 amide bonds. The maximum absolute atomic E-state index is 12.3. The number of hydrogen-bond donors (Lipinski definition) is 4. The zero-order valence-electron chi connectivity index (χ0n) is 25.2. The number of nitrogens with one attached hydrogen (secondary N) is 3. The zero-order valence-corrected chi connectivity index (χ0v) is 25.2. The number of benzene rings is 3. The predicted octanol–water partition coefficient (Wildman–Crippen LogP) is 6.62. The van der Waals surface area contributed by atoms with Crippen LogP contribution in [-0.2, 0) is 16.1 Å². The van der Waals surface area contributed by atoms with Gasteiger partial charge in [0.2, 0.25) is 5.79 Å². The lowest BCUT2D eigenvalue weighted by Crippen LogP contribution is -2.35. The monoisotopic (exact) mass is 585 g/mol. The minimum Gasteiger partial charge on any atom is -0.463 e. The number of unbranched alkanes of at least 4 members (excludes halogenated alkanes) is 3. The second kappa shape index (κ2) is 16.7. The molecule has 8 nitrogen and oxygen atoms in total. The summed E-state index contributed by atoms with van der Waals surface area (Å²) < 4.78 is 17.3. The molecule has 43 heavy (non-hydrogen) atoms. The van der Waals surface area contributed by atoms with Crippen molar-refractivity contribution in [1.82, 2.24) is 5.32 Å². The molecule has 0 unspecified atom stereocenters. The van der Waals surface area contributed by atoms with Gasteiger partial charge >= 0.3 is 6.03 Å². The molecule has 1 aliphatic rings. The summed E-state index contributed by atoms with van der Waals surface area (Å²) in [5.74, 6) is 6.48. The molecule has 228 valence electrons. The van der Waals surface area contributed by atoms with E-state index < -0.39 is 11.9 Å². The first-order chi connectivity index (χ1) is 20.9. The van der Waals surface area contributed by atoms with Crippen LogP contribution < -0.4 is 20.7 Å². The Kier molecular flexibility index (Phi) is 12.4. The lowest BCUT2D eigenvalue weighted by molar-refractivity contribution is -0.180. The van der Waals surface area contributed by atoms with Crippen molar-refractivity contribution >= 4 is 17.4 Å². The minimum absolute atomic E-state index is 0.307. The van der Waals surface area contributed by atoms with Crippen molar-refractivity contribution < 1.29 is 24.1 Å². The predicted molar refractivity (Wildman–Crippen MR) is 170 cm³/mol. The van der Waals surface area contributed by atoms with Crippen LogP contribution in [0.3, 0.4) is 0 Å². The van der Waals surface area contributed by atoms with Crippen molar-refractivity contribution in [3.05, 3.63) is 89.5 Å². The second-order valence-corrected chi connectivity index (χ2v) is 10.9. The van der Waals surface area contributed by atoms with Crippen LogP contribution in [0.5, 0.6) is 5.75 Å². The average Bonchev–Trinajstić information content (AvgIpc) is 3.00. The van der Waals surface area contributed by atoms with Gasteiger partial charge in [-0.1, -0.05) is 61.1 Å². The zero-order chi connectivity index (χ0) is 30.3. The molecular formula is C35H43N3O5. The first kappa shape index (κ1) is 32.1. The van der Waals surface area contributed by atoms with E-state index >= 15 is 0 Å². The number of rotatable bonds is 14. The quantitative estimate of drug-likeness (QED) is 0.125. The molecule has 8 heteroatoms. The smallest absolute Gasteiger partial charge is 0.323 e. The summed E-state index contributed by atoms with van der Waals surface area (Å²) in [5, 5.41) is 19.6. The number of para-hydroxylation sites is 2. The van der Waals surface area contributed by atoms with Gasteiger partial charge in [0.1, 0.15) is 5.75 Å². The molecule has 0 bridgehead atoms. The van der Waals surface area contributed by atoms with E-state index in [1.807, 2.05) is 86.6 Å². The number of anilines is 2. The normalized spacial score (nSPS) is 14.0. The van der Waals surface area contributed by atoms with E-state index in [0.717, 1.165) is 60.4 Å². The van der Waals surface area contributed by atoms with Crippen LogP contribution in [0.15, 0.2) is 72.8 Å². The number of fused-ring (bicyclic) bond motifs is 1. The van der Waals surface area contributed by atoms with Gasteiger partial charge < -0.3 is 35.3 Å². The Morgan fingerprint density at radius 2 is 1.77 bits per heavy atom. The fourth-order valence-electron chi connectivity index (χ4n) is 4.62. The van der Waals surface area contributed by atoms with E-state index in [1.165, 1.54) is 0 Å². The van der Waals surface area contributed by atoms with E-state index in [2.05, 4.69) is 27.8 Å². The molecule has 4 N–H and O–H groups in total. The second-order valence-electron chi connectivity index (χ2n) is 10.9. The van der Waals surface area contributed by atoms with Gasteiger partial charge in [0.25, 0.3) is 0 Å². The third-order valence-corrected chi connectivity index (χ3v) is 6.93. The average molecular weight is 586 g/mol. The summed E-state index contributed by atoms with van der Waals surface area (Å²) in [6.07, 6.45) is 4.32. The van der Waals surface area contributed by atoms with Crippen LogP contribution in [0.2, 0.25) is 0 Å². The Balaban J connectivity index is 1.02. The minimum atomic E-state index is -0.618. The number of amides is 2. The maximum atomic E-state index is 12.3. The van der Waals surface area contributed by atoms with Gasteiger partial charge in [-0.3, -0.25) is 0 Å². The molecule has 0 spiro atoms. The van der Waals surface area contributed by atoms with E-state index in [4.69, 9.17) is 14.2 Å². The molecule has 0 aliphatic carbocycles. The highest BCUT2D eigenvalue weighted by atomic mass is 16.7. The van der Waals surface area contributed by atoms with Crippen molar-refractivity contribution in [2.45, 2.75) is 64.4 Å². The molecule has 1 atom stereocenters. The van der Waals surface area contributed by atoms with Crippen molar-refractivity contribution in [2.24, 2.45) is 0 Å². The topological polar surface area (TPSA) is 101 Å². The summed E-state index contributed by atoms with van der Waals surface area (Å²) in [6, 6.07) is 22.3. The molecule has 0 saturated carbocycles. The Morgan fingerprint density at radius 3 is 2.63 bits per heavy atom. The van der Waals surface area contributed by atoms with Gasteiger partial charge in [-0.25, -0.2) is 4.79 Å². The number of aliphatic hydroxyl groups is 1. The number of carbonyl (C=O) groups is 1. The lowest BCUT2D eigenvalue weighted by Gasteiger charge is -2.33. The number of urea groups is 1. The van der Waals surface area contributed by atoms with E-state index in [0.29, 0.717) is 38.5 Å². The Hall–Kier alpha value is -3.87. The van der Waals surface area contributed by atoms with Gasteiger partial charge in [-0.2, -0.15) is 0 Å². The number of carbonyl (C=O) groups excluding carboxylic acids is 1. The third-order valence-electron chi connectivity index (χ3n) is 6.93. The molecule has 0 saturated heterocycles. The molecule has 3 aromatic carbocycles. The summed E-state index contributed by atoms with van der Waals surface area (Å²) in [5.41, 5.74) is 4.00. The van der Waals surface area contributed by atoms with Crippen LogP contribution in [-0.4, -0.2) is 43.2 Å². The van der Waals surface area contributed by atoms with E-state index in [9.17, 15) is 9.90 Å². The summed E-state index contributed by atoms with van der Waals surface area (Å²) >= 11 is 0. The van der Waals surface area contributed by atoms with Gasteiger partial charge in [0, 0.05) is 50.2 Å². The van der Waals surface area contributed by atoms with Crippen molar-refractivity contribution in [1.29, 1.82) is 0 Å². The van der Waals surface area contributed by atoms with Gasteiger partial charge in [-0.05, 0) is 61.3 Å². The van der Waals surface area contributed by atoms with E-state index in [-0.39, 0.29) is 6.03 Å². The Labute approximate surface area is 255 Å². The Bertz CT molecular complexity index is 1370. The van der Waals surface area contributed by atoms with Gasteiger partial charge in [0.05, 0.1) is 25.0 Å². The summed E-state index contributed by atoms with van der Waals surface area (Å²) in [4.78, 5) is 12.3. The maximum Gasteiger partial charge on any atom is 0.323 e. The molecule has 1 aliphatic heterocycles. The molecule has 3 aromatic rings. The standard InChI is InChI=1S/C35H43N3O5/c1-35(2)42-26-29-24-28(19-20-33(29)43-35)32(39)25-36-21-11-3-4-12-22-41-23-13-10-15-27-14-8-9-18-31(27)38-34(40)37-30-16-6-5-7-17-30/h5-9,14,16-20,24,32,36,39H,3-4,11-13,21-23,25-26H2,1-2H3,(H2,37,38,40)/t32-/m0/s1. The largest absolute Gasteiger partial charge is 0.463 e. The Morgan fingerprint density at radius 1 is 0.977 bits per heavy atom. The highest BCUT2D eigenvalue weighted by Crippen LogP contribution is 2.32. The third kappa shape index (κ3) is 11.0. The molecule has 0 aromatic heterocycles. The van der Waals surface area contributed by atoms with Crippen LogP contribution in [0.1, 0.15) is 68.7 Å². The van der Waals surface area contributed by atoms with Crippen LogP contribution in [0.4, 0.5) is 16.2 Å².